The van der Waals surface area contributed by atoms with Gasteiger partial charge in [0.1, 0.15) is 0 Å². The van der Waals surface area contributed by atoms with Crippen LogP contribution in [-0.4, -0.2) is 29.0 Å². The molecule has 2 rings (SSSR count). The molecule has 19 heavy (non-hydrogen) atoms. The summed E-state index contributed by atoms with van der Waals surface area (Å²) in [6.45, 7) is 2.02. The minimum atomic E-state index is 0.0739. The number of aromatic nitrogens is 2. The van der Waals surface area contributed by atoms with Crippen LogP contribution in [0.4, 0.5) is 0 Å². The number of rotatable bonds is 6. The molecule has 1 saturated carbocycles. The van der Waals surface area contributed by atoms with Crippen molar-refractivity contribution in [3.63, 3.8) is 0 Å². The fourth-order valence-corrected chi connectivity index (χ4v) is 2.79. The lowest BCUT2D eigenvalue weighted by Gasteiger charge is -2.22. The van der Waals surface area contributed by atoms with Crippen LogP contribution in [0, 0.1) is 0 Å². The Morgan fingerprint density at radius 3 is 2.84 bits per heavy atom. The molecule has 1 aliphatic carbocycles. The number of hydrogen-bond donors (Lipinski definition) is 2. The molecule has 0 saturated heterocycles. The Kier molecular flexibility index (Phi) is 5.36. The van der Waals surface area contributed by atoms with E-state index in [-0.39, 0.29) is 12.1 Å². The van der Waals surface area contributed by atoms with Gasteiger partial charge in [0.25, 0.3) is 0 Å². The summed E-state index contributed by atoms with van der Waals surface area (Å²) in [6, 6.07) is 2.78. The summed E-state index contributed by atoms with van der Waals surface area (Å²) in [5.41, 5.74) is 3.90. The van der Waals surface area contributed by atoms with Gasteiger partial charge in [0.15, 0.2) is 0 Å². The fraction of sp³-hybridized carbons (Fsp3) is 0.786. The monoisotopic (exact) mass is 266 g/mol. The summed E-state index contributed by atoms with van der Waals surface area (Å²) >= 11 is 0. The molecule has 5 heteroatoms. The summed E-state index contributed by atoms with van der Waals surface area (Å²) in [5.74, 6) is 5.58. The molecule has 0 spiro atoms. The number of nitrogens with one attached hydrogen (secondary N) is 1. The first-order valence-electron chi connectivity index (χ1n) is 7.27. The quantitative estimate of drug-likeness (QED) is 0.608. The van der Waals surface area contributed by atoms with Gasteiger partial charge < -0.3 is 4.74 Å². The molecule has 2 atom stereocenters. The summed E-state index contributed by atoms with van der Waals surface area (Å²) in [5, 5.41) is 4.70. The molecule has 1 aliphatic rings. The average molecular weight is 266 g/mol. The molecular weight excluding hydrogens is 240 g/mol. The van der Waals surface area contributed by atoms with Crippen LogP contribution in [0.5, 0.6) is 0 Å². The highest BCUT2D eigenvalue weighted by atomic mass is 16.5. The normalized spacial score (nSPS) is 20.4. The number of ether oxygens (including phenoxy) is 1. The van der Waals surface area contributed by atoms with Gasteiger partial charge in [-0.05, 0) is 25.8 Å². The Morgan fingerprint density at radius 1 is 1.47 bits per heavy atom. The molecule has 2 unspecified atom stereocenters. The zero-order valence-electron chi connectivity index (χ0n) is 12.0. The molecular formula is C14H26N4O. The first kappa shape index (κ1) is 14.5. The Morgan fingerprint density at radius 2 is 2.21 bits per heavy atom. The molecule has 3 N–H and O–H groups in total. The van der Waals surface area contributed by atoms with Crippen molar-refractivity contribution in [2.24, 2.45) is 5.84 Å². The zero-order chi connectivity index (χ0) is 13.7. The Hall–Kier alpha value is -0.910. The predicted molar refractivity (Wildman–Crippen MR) is 75.6 cm³/mol. The summed E-state index contributed by atoms with van der Waals surface area (Å²) in [4.78, 5) is 0. The lowest BCUT2D eigenvalue weighted by Crippen LogP contribution is -2.45. The maximum Gasteiger partial charge on any atom is 0.0713 e. The van der Waals surface area contributed by atoms with Gasteiger partial charge in [-0.1, -0.05) is 19.3 Å². The maximum absolute atomic E-state index is 5.58. The highest BCUT2D eigenvalue weighted by Crippen LogP contribution is 2.27. The number of methoxy groups -OCH3 is 1. The van der Waals surface area contributed by atoms with Crippen LogP contribution < -0.4 is 11.3 Å². The van der Waals surface area contributed by atoms with Gasteiger partial charge in [0.05, 0.1) is 23.9 Å². The predicted octanol–water partition coefficient (Wildman–Crippen LogP) is 1.80. The molecule has 0 amide bonds. The maximum atomic E-state index is 5.58. The Bertz CT molecular complexity index is 373. The summed E-state index contributed by atoms with van der Waals surface area (Å²) < 4.78 is 7.46. The Balaban J connectivity index is 1.96. The van der Waals surface area contributed by atoms with Crippen LogP contribution in [0.3, 0.4) is 0 Å². The van der Waals surface area contributed by atoms with Gasteiger partial charge in [0.2, 0.25) is 0 Å². The minimum Gasteiger partial charge on any atom is -0.380 e. The van der Waals surface area contributed by atoms with Gasteiger partial charge in [-0.2, -0.15) is 5.10 Å². The van der Waals surface area contributed by atoms with Gasteiger partial charge in [-0.3, -0.25) is 16.0 Å². The third-order valence-corrected chi connectivity index (χ3v) is 4.19. The molecule has 5 nitrogen and oxygen atoms in total. The van der Waals surface area contributed by atoms with E-state index in [2.05, 4.69) is 22.4 Å². The summed E-state index contributed by atoms with van der Waals surface area (Å²) in [6.07, 6.45) is 9.52. The van der Waals surface area contributed by atoms with E-state index >= 15 is 0 Å². The van der Waals surface area contributed by atoms with Crippen molar-refractivity contribution < 1.29 is 4.74 Å². The van der Waals surface area contributed by atoms with E-state index in [0.717, 1.165) is 12.1 Å². The molecule has 0 radical (unpaired) electrons. The lowest BCUT2D eigenvalue weighted by atomic mass is 9.96. The number of nitrogens with two attached hydrogens (primary N) is 1. The SMILES string of the molecule is COC(C)C(Cc1ccn(C2CCCCC2)n1)NN. The van der Waals surface area contributed by atoms with Crippen molar-refractivity contribution in [3.8, 4) is 0 Å². The first-order chi connectivity index (χ1) is 9.24. The van der Waals surface area contributed by atoms with Crippen molar-refractivity contribution in [3.05, 3.63) is 18.0 Å². The van der Waals surface area contributed by atoms with Crippen molar-refractivity contribution in [1.82, 2.24) is 15.2 Å². The van der Waals surface area contributed by atoms with E-state index in [9.17, 15) is 0 Å². The van der Waals surface area contributed by atoms with Crippen LogP contribution in [0.2, 0.25) is 0 Å². The van der Waals surface area contributed by atoms with E-state index in [1.165, 1.54) is 32.1 Å². The highest BCUT2D eigenvalue weighted by Gasteiger charge is 2.19. The van der Waals surface area contributed by atoms with Crippen LogP contribution >= 0.6 is 0 Å². The molecule has 0 aromatic carbocycles. The fourth-order valence-electron chi connectivity index (χ4n) is 2.79. The van der Waals surface area contributed by atoms with E-state index < -0.39 is 0 Å². The molecule has 0 bridgehead atoms. The van der Waals surface area contributed by atoms with Crippen LogP contribution in [0.1, 0.15) is 50.8 Å². The van der Waals surface area contributed by atoms with Crippen molar-refractivity contribution >= 4 is 0 Å². The average Bonchev–Trinajstić information content (AvgIpc) is 2.93. The number of hydrogen-bond acceptors (Lipinski definition) is 4. The minimum absolute atomic E-state index is 0.0739. The van der Waals surface area contributed by atoms with Gasteiger partial charge in [0, 0.05) is 19.7 Å². The first-order valence-corrected chi connectivity index (χ1v) is 7.27. The van der Waals surface area contributed by atoms with E-state index in [4.69, 9.17) is 15.7 Å². The molecule has 1 aromatic rings. The Labute approximate surface area is 115 Å². The van der Waals surface area contributed by atoms with Crippen molar-refractivity contribution in [2.75, 3.05) is 7.11 Å². The van der Waals surface area contributed by atoms with Crippen LogP contribution in [0.15, 0.2) is 12.3 Å². The van der Waals surface area contributed by atoms with Crippen molar-refractivity contribution in [1.29, 1.82) is 0 Å². The van der Waals surface area contributed by atoms with Crippen molar-refractivity contribution in [2.45, 2.75) is 63.6 Å². The largest absolute Gasteiger partial charge is 0.380 e. The smallest absolute Gasteiger partial charge is 0.0713 e. The van der Waals surface area contributed by atoms with E-state index in [1.54, 1.807) is 7.11 Å². The summed E-state index contributed by atoms with van der Waals surface area (Å²) in [7, 11) is 1.70. The second-order valence-corrected chi connectivity index (χ2v) is 5.50. The molecule has 108 valence electrons. The molecule has 1 fully saturated rings. The number of hydrazine groups is 1. The van der Waals surface area contributed by atoms with Gasteiger partial charge in [-0.15, -0.1) is 0 Å². The third kappa shape index (κ3) is 3.78. The molecule has 0 aliphatic heterocycles. The van der Waals surface area contributed by atoms with Gasteiger partial charge >= 0.3 is 0 Å². The zero-order valence-corrected chi connectivity index (χ0v) is 12.0. The standard InChI is InChI=1S/C14H26N4O/c1-11(19-2)14(16-15)10-12-8-9-18(17-12)13-6-4-3-5-7-13/h8-9,11,13-14,16H,3-7,10,15H2,1-2H3. The topological polar surface area (TPSA) is 65.1 Å². The number of nitrogens with zero attached hydrogens (tertiary/aromatic N) is 2. The highest BCUT2D eigenvalue weighted by molar-refractivity contribution is 5.03. The second kappa shape index (κ2) is 7.03. The lowest BCUT2D eigenvalue weighted by molar-refractivity contribution is 0.0827. The molecule has 1 heterocycles. The van der Waals surface area contributed by atoms with E-state index in [1.807, 2.05) is 6.92 Å². The third-order valence-electron chi connectivity index (χ3n) is 4.19. The van der Waals surface area contributed by atoms with E-state index in [0.29, 0.717) is 6.04 Å². The van der Waals surface area contributed by atoms with Crippen LogP contribution in [0.25, 0.3) is 0 Å². The second-order valence-electron chi connectivity index (χ2n) is 5.50. The molecule has 1 aromatic heterocycles. The van der Waals surface area contributed by atoms with Crippen LogP contribution in [-0.2, 0) is 11.2 Å². The van der Waals surface area contributed by atoms with Gasteiger partial charge in [-0.25, -0.2) is 0 Å².